The third kappa shape index (κ3) is 5.75. The third-order valence-corrected chi connectivity index (χ3v) is 5.78. The number of nitrogens with one attached hydrogen (secondary N) is 1. The SMILES string of the molecule is COc1cc(C(C#N)NC(=O)C2CCCN(C(=O)Cc3ccccc3)C2)cc(OC)c1OC. The van der Waals surface area contributed by atoms with Crippen LogP contribution in [-0.4, -0.2) is 51.1 Å². The zero-order valence-electron chi connectivity index (χ0n) is 19.2. The van der Waals surface area contributed by atoms with Gasteiger partial charge in [0.15, 0.2) is 11.5 Å². The van der Waals surface area contributed by atoms with E-state index >= 15 is 0 Å². The van der Waals surface area contributed by atoms with Crippen LogP contribution in [0.2, 0.25) is 0 Å². The molecular weight excluding hydrogens is 422 g/mol. The summed E-state index contributed by atoms with van der Waals surface area (Å²) in [6, 6.07) is 14.1. The number of hydrogen-bond acceptors (Lipinski definition) is 6. The second kappa shape index (κ2) is 11.2. The van der Waals surface area contributed by atoms with Gasteiger partial charge in [-0.05, 0) is 36.1 Å². The Hall–Kier alpha value is -3.73. The molecule has 1 N–H and O–H groups in total. The quantitative estimate of drug-likeness (QED) is 0.662. The lowest BCUT2D eigenvalue weighted by molar-refractivity contribution is -0.135. The summed E-state index contributed by atoms with van der Waals surface area (Å²) in [5, 5.41) is 12.6. The van der Waals surface area contributed by atoms with Crippen molar-refractivity contribution in [3.63, 3.8) is 0 Å². The summed E-state index contributed by atoms with van der Waals surface area (Å²) in [7, 11) is 4.48. The molecule has 174 valence electrons. The van der Waals surface area contributed by atoms with Gasteiger partial charge in [0.2, 0.25) is 17.6 Å². The Morgan fingerprint density at radius 3 is 2.36 bits per heavy atom. The van der Waals surface area contributed by atoms with Crippen LogP contribution < -0.4 is 19.5 Å². The predicted molar refractivity (Wildman–Crippen MR) is 122 cm³/mol. The Morgan fingerprint density at radius 2 is 1.79 bits per heavy atom. The highest BCUT2D eigenvalue weighted by Gasteiger charge is 2.30. The molecule has 8 nitrogen and oxygen atoms in total. The Balaban J connectivity index is 1.69. The van der Waals surface area contributed by atoms with E-state index < -0.39 is 6.04 Å². The molecule has 1 heterocycles. The Labute approximate surface area is 194 Å². The highest BCUT2D eigenvalue weighted by molar-refractivity contribution is 5.83. The number of likely N-dealkylation sites (tertiary alicyclic amines) is 1. The minimum atomic E-state index is -0.901. The van der Waals surface area contributed by atoms with Gasteiger partial charge in [0.25, 0.3) is 0 Å². The second-order valence-electron chi connectivity index (χ2n) is 7.87. The summed E-state index contributed by atoms with van der Waals surface area (Å²) < 4.78 is 16.0. The average molecular weight is 452 g/mol. The van der Waals surface area contributed by atoms with Crippen molar-refractivity contribution in [3.05, 3.63) is 53.6 Å². The van der Waals surface area contributed by atoms with Crippen LogP contribution in [0.25, 0.3) is 0 Å². The first-order valence-corrected chi connectivity index (χ1v) is 10.8. The van der Waals surface area contributed by atoms with Crippen molar-refractivity contribution >= 4 is 11.8 Å². The van der Waals surface area contributed by atoms with Crippen molar-refractivity contribution in [3.8, 4) is 23.3 Å². The number of rotatable bonds is 8. The number of methoxy groups -OCH3 is 3. The molecule has 0 aromatic heterocycles. The van der Waals surface area contributed by atoms with Gasteiger partial charge in [0, 0.05) is 13.1 Å². The molecule has 1 aliphatic heterocycles. The standard InChI is InChI=1S/C25H29N3O5/c1-31-21-13-19(14-22(32-2)24(21)33-3)20(15-26)27-25(30)18-10-7-11-28(16-18)23(29)12-17-8-5-4-6-9-17/h4-6,8-9,13-14,18,20H,7,10-12,16H2,1-3H3,(H,27,30). The molecule has 0 saturated carbocycles. The maximum absolute atomic E-state index is 13.0. The first-order chi connectivity index (χ1) is 16.0. The largest absolute Gasteiger partial charge is 0.493 e. The molecule has 2 aromatic carbocycles. The van der Waals surface area contributed by atoms with E-state index in [2.05, 4.69) is 11.4 Å². The Kier molecular flexibility index (Phi) is 8.14. The van der Waals surface area contributed by atoms with Crippen molar-refractivity contribution in [1.29, 1.82) is 5.26 Å². The molecule has 33 heavy (non-hydrogen) atoms. The summed E-state index contributed by atoms with van der Waals surface area (Å²) in [5.41, 5.74) is 1.47. The molecule has 3 rings (SSSR count). The number of piperidine rings is 1. The van der Waals surface area contributed by atoms with E-state index in [0.29, 0.717) is 48.7 Å². The second-order valence-corrected chi connectivity index (χ2v) is 7.87. The first-order valence-electron chi connectivity index (χ1n) is 10.8. The lowest BCUT2D eigenvalue weighted by atomic mass is 9.95. The van der Waals surface area contributed by atoms with Crippen molar-refractivity contribution < 1.29 is 23.8 Å². The molecule has 0 bridgehead atoms. The van der Waals surface area contributed by atoms with Crippen LogP contribution >= 0.6 is 0 Å². The number of nitrogens with zero attached hydrogens (tertiary/aromatic N) is 2. The summed E-state index contributed by atoms with van der Waals surface area (Å²) >= 11 is 0. The number of hydrogen-bond donors (Lipinski definition) is 1. The lowest BCUT2D eigenvalue weighted by Gasteiger charge is -2.32. The number of benzene rings is 2. The number of ether oxygens (including phenoxy) is 3. The van der Waals surface area contributed by atoms with Crippen molar-refractivity contribution in [2.45, 2.75) is 25.3 Å². The number of amides is 2. The fourth-order valence-corrected chi connectivity index (χ4v) is 4.02. The topological polar surface area (TPSA) is 101 Å². The zero-order valence-corrected chi connectivity index (χ0v) is 19.2. The molecule has 2 amide bonds. The molecule has 1 fully saturated rings. The molecule has 8 heteroatoms. The monoisotopic (exact) mass is 451 g/mol. The van der Waals surface area contributed by atoms with Crippen LogP contribution in [0.5, 0.6) is 17.2 Å². The fraction of sp³-hybridized carbons (Fsp3) is 0.400. The van der Waals surface area contributed by atoms with Gasteiger partial charge in [-0.2, -0.15) is 5.26 Å². The Morgan fingerprint density at radius 1 is 1.12 bits per heavy atom. The van der Waals surface area contributed by atoms with Gasteiger partial charge < -0.3 is 24.4 Å². The van der Waals surface area contributed by atoms with Gasteiger partial charge in [-0.15, -0.1) is 0 Å². The smallest absolute Gasteiger partial charge is 0.227 e. The molecule has 1 saturated heterocycles. The van der Waals surface area contributed by atoms with E-state index in [0.717, 1.165) is 12.0 Å². The lowest BCUT2D eigenvalue weighted by Crippen LogP contribution is -2.46. The average Bonchev–Trinajstić information content (AvgIpc) is 2.86. The fourth-order valence-electron chi connectivity index (χ4n) is 4.02. The van der Waals surface area contributed by atoms with Gasteiger partial charge in [-0.1, -0.05) is 30.3 Å². The Bertz CT molecular complexity index is 993. The first kappa shape index (κ1) is 23.9. The molecule has 2 aromatic rings. The summed E-state index contributed by atoms with van der Waals surface area (Å²) in [4.78, 5) is 27.5. The summed E-state index contributed by atoms with van der Waals surface area (Å²) in [6.07, 6.45) is 1.70. The van der Waals surface area contributed by atoms with E-state index in [1.165, 1.54) is 21.3 Å². The van der Waals surface area contributed by atoms with Crippen LogP contribution in [0.3, 0.4) is 0 Å². The molecule has 2 unspecified atom stereocenters. The van der Waals surface area contributed by atoms with Gasteiger partial charge in [0.05, 0.1) is 39.7 Å². The van der Waals surface area contributed by atoms with Crippen molar-refractivity contribution in [2.75, 3.05) is 34.4 Å². The minimum absolute atomic E-state index is 0.000148. The van der Waals surface area contributed by atoms with E-state index in [1.807, 2.05) is 30.3 Å². The maximum atomic E-state index is 13.0. The van der Waals surface area contributed by atoms with Gasteiger partial charge in [-0.3, -0.25) is 9.59 Å². The molecule has 2 atom stereocenters. The number of carbonyl (C=O) groups excluding carboxylic acids is 2. The van der Waals surface area contributed by atoms with Crippen molar-refractivity contribution in [2.24, 2.45) is 5.92 Å². The highest BCUT2D eigenvalue weighted by Crippen LogP contribution is 2.39. The molecule has 0 aliphatic carbocycles. The number of carbonyl (C=O) groups is 2. The van der Waals surface area contributed by atoms with Crippen molar-refractivity contribution in [1.82, 2.24) is 10.2 Å². The van der Waals surface area contributed by atoms with E-state index in [4.69, 9.17) is 14.2 Å². The van der Waals surface area contributed by atoms with Gasteiger partial charge in [0.1, 0.15) is 6.04 Å². The minimum Gasteiger partial charge on any atom is -0.493 e. The summed E-state index contributed by atoms with van der Waals surface area (Å²) in [6.45, 7) is 0.967. The molecule has 0 spiro atoms. The van der Waals surface area contributed by atoms with E-state index in [9.17, 15) is 14.9 Å². The third-order valence-electron chi connectivity index (χ3n) is 5.78. The maximum Gasteiger partial charge on any atom is 0.227 e. The summed E-state index contributed by atoms with van der Waals surface area (Å²) in [5.74, 6) is 0.573. The van der Waals surface area contributed by atoms with Crippen LogP contribution in [0.15, 0.2) is 42.5 Å². The zero-order chi connectivity index (χ0) is 23.8. The molecular formula is C25H29N3O5. The van der Waals surface area contributed by atoms with E-state index in [1.54, 1.807) is 17.0 Å². The molecule has 0 radical (unpaired) electrons. The van der Waals surface area contributed by atoms with Crippen LogP contribution in [-0.2, 0) is 16.0 Å². The van der Waals surface area contributed by atoms with Gasteiger partial charge in [-0.25, -0.2) is 0 Å². The molecule has 1 aliphatic rings. The van der Waals surface area contributed by atoms with Crippen LogP contribution in [0, 0.1) is 17.2 Å². The van der Waals surface area contributed by atoms with Gasteiger partial charge >= 0.3 is 0 Å². The van der Waals surface area contributed by atoms with Crippen LogP contribution in [0.4, 0.5) is 0 Å². The predicted octanol–water partition coefficient (Wildman–Crippen LogP) is 2.87. The van der Waals surface area contributed by atoms with E-state index in [-0.39, 0.29) is 17.7 Å². The van der Waals surface area contributed by atoms with Crippen LogP contribution in [0.1, 0.15) is 30.0 Å². The highest BCUT2D eigenvalue weighted by atomic mass is 16.5. The normalized spacial score (nSPS) is 16.3. The number of nitriles is 1.